The van der Waals surface area contributed by atoms with Gasteiger partial charge in [0.15, 0.2) is 0 Å². The monoisotopic (exact) mass is 279 g/mol. The molecule has 0 aliphatic rings. The molecule has 0 aliphatic carbocycles. The van der Waals surface area contributed by atoms with Crippen molar-refractivity contribution in [3.63, 3.8) is 0 Å². The maximum absolute atomic E-state index is 11.9. The van der Waals surface area contributed by atoms with E-state index in [4.69, 9.17) is 10.5 Å². The van der Waals surface area contributed by atoms with Crippen molar-refractivity contribution in [2.75, 3.05) is 31.8 Å². The van der Waals surface area contributed by atoms with Crippen molar-refractivity contribution in [1.82, 2.24) is 4.90 Å². The molecule has 0 saturated heterocycles. The first kappa shape index (κ1) is 16.3. The van der Waals surface area contributed by atoms with Crippen LogP contribution in [0.2, 0.25) is 0 Å². The van der Waals surface area contributed by atoms with Crippen molar-refractivity contribution >= 4 is 17.3 Å². The minimum Gasteiger partial charge on any atom is -0.494 e. The smallest absolute Gasteiger partial charge is 0.224 e. The fraction of sp³-hybridized carbons (Fsp3) is 0.533. The molecule has 0 aromatic heterocycles. The minimum atomic E-state index is -0.00905. The largest absolute Gasteiger partial charge is 0.494 e. The Kier molecular flexibility index (Phi) is 6.31. The Morgan fingerprint density at radius 3 is 2.75 bits per heavy atom. The van der Waals surface area contributed by atoms with Gasteiger partial charge in [0, 0.05) is 24.2 Å². The Morgan fingerprint density at radius 2 is 2.15 bits per heavy atom. The fourth-order valence-electron chi connectivity index (χ4n) is 1.77. The van der Waals surface area contributed by atoms with Gasteiger partial charge in [-0.1, -0.05) is 0 Å². The first-order valence-corrected chi connectivity index (χ1v) is 6.87. The van der Waals surface area contributed by atoms with E-state index in [1.165, 1.54) is 0 Å². The summed E-state index contributed by atoms with van der Waals surface area (Å²) in [4.78, 5) is 14.1. The standard InChI is InChI=1S/C15H25N3O2/c1-11(2)18(3)9-5-6-15(19)17-13-8-7-12(16)10-14(13)20-4/h7-8,10-11H,5-6,9,16H2,1-4H3,(H,17,19). The predicted molar refractivity (Wildman–Crippen MR) is 83.0 cm³/mol. The number of nitrogen functional groups attached to an aromatic ring is 1. The molecule has 112 valence electrons. The number of ether oxygens (including phenoxy) is 1. The molecule has 1 rings (SSSR count). The number of rotatable bonds is 7. The second-order valence-corrected chi connectivity index (χ2v) is 5.19. The minimum absolute atomic E-state index is 0.00905. The molecule has 0 bridgehead atoms. The van der Waals surface area contributed by atoms with E-state index < -0.39 is 0 Å². The highest BCUT2D eigenvalue weighted by Crippen LogP contribution is 2.26. The molecule has 5 nitrogen and oxygen atoms in total. The lowest BCUT2D eigenvalue weighted by atomic mass is 10.2. The summed E-state index contributed by atoms with van der Waals surface area (Å²) in [6, 6.07) is 5.69. The second kappa shape index (κ2) is 7.75. The third-order valence-corrected chi connectivity index (χ3v) is 3.30. The van der Waals surface area contributed by atoms with Crippen LogP contribution in [-0.4, -0.2) is 37.6 Å². The van der Waals surface area contributed by atoms with E-state index in [1.807, 2.05) is 0 Å². The van der Waals surface area contributed by atoms with Gasteiger partial charge in [0.25, 0.3) is 0 Å². The van der Waals surface area contributed by atoms with E-state index in [0.717, 1.165) is 13.0 Å². The molecular formula is C15H25N3O2. The number of nitrogens with one attached hydrogen (secondary N) is 1. The van der Waals surface area contributed by atoms with Crippen molar-refractivity contribution in [2.24, 2.45) is 0 Å². The molecular weight excluding hydrogens is 254 g/mol. The summed E-state index contributed by atoms with van der Waals surface area (Å²) in [7, 11) is 3.62. The van der Waals surface area contributed by atoms with E-state index in [-0.39, 0.29) is 5.91 Å². The van der Waals surface area contributed by atoms with Gasteiger partial charge in [-0.15, -0.1) is 0 Å². The summed E-state index contributed by atoms with van der Waals surface area (Å²) >= 11 is 0. The van der Waals surface area contributed by atoms with Gasteiger partial charge in [-0.25, -0.2) is 0 Å². The van der Waals surface area contributed by atoms with Crippen LogP contribution in [-0.2, 0) is 4.79 Å². The van der Waals surface area contributed by atoms with Crippen LogP contribution in [0.1, 0.15) is 26.7 Å². The molecule has 1 amide bonds. The highest BCUT2D eigenvalue weighted by Gasteiger charge is 2.09. The molecule has 0 heterocycles. The van der Waals surface area contributed by atoms with Crippen molar-refractivity contribution in [3.8, 4) is 5.75 Å². The SMILES string of the molecule is COc1cc(N)ccc1NC(=O)CCCN(C)C(C)C. The Morgan fingerprint density at radius 1 is 1.45 bits per heavy atom. The number of carbonyl (C=O) groups excluding carboxylic acids is 1. The normalized spacial score (nSPS) is 10.9. The second-order valence-electron chi connectivity index (χ2n) is 5.19. The molecule has 0 unspecified atom stereocenters. The third-order valence-electron chi connectivity index (χ3n) is 3.30. The molecule has 1 aromatic rings. The highest BCUT2D eigenvalue weighted by atomic mass is 16.5. The van der Waals surface area contributed by atoms with Crippen LogP contribution in [0.25, 0.3) is 0 Å². The van der Waals surface area contributed by atoms with Crippen LogP contribution in [0.5, 0.6) is 5.75 Å². The molecule has 0 atom stereocenters. The van der Waals surface area contributed by atoms with Crippen LogP contribution in [0.3, 0.4) is 0 Å². The zero-order chi connectivity index (χ0) is 15.1. The lowest BCUT2D eigenvalue weighted by molar-refractivity contribution is -0.116. The summed E-state index contributed by atoms with van der Waals surface area (Å²) in [5, 5.41) is 2.85. The van der Waals surface area contributed by atoms with Gasteiger partial charge in [0.05, 0.1) is 12.8 Å². The van der Waals surface area contributed by atoms with E-state index in [1.54, 1.807) is 25.3 Å². The summed E-state index contributed by atoms with van der Waals surface area (Å²) in [6.07, 6.45) is 1.32. The van der Waals surface area contributed by atoms with E-state index in [9.17, 15) is 4.79 Å². The van der Waals surface area contributed by atoms with Gasteiger partial charge < -0.3 is 20.7 Å². The number of anilines is 2. The van der Waals surface area contributed by atoms with E-state index in [2.05, 4.69) is 31.1 Å². The topological polar surface area (TPSA) is 67.6 Å². The zero-order valence-electron chi connectivity index (χ0n) is 12.8. The van der Waals surface area contributed by atoms with Gasteiger partial charge in [0.2, 0.25) is 5.91 Å². The van der Waals surface area contributed by atoms with Crippen LogP contribution >= 0.6 is 0 Å². The van der Waals surface area contributed by atoms with E-state index >= 15 is 0 Å². The van der Waals surface area contributed by atoms with Crippen molar-refractivity contribution in [1.29, 1.82) is 0 Å². The number of nitrogens with zero attached hydrogens (tertiary/aromatic N) is 1. The molecule has 1 aromatic carbocycles. The van der Waals surface area contributed by atoms with Crippen molar-refractivity contribution in [3.05, 3.63) is 18.2 Å². The summed E-state index contributed by atoms with van der Waals surface area (Å²) < 4.78 is 5.20. The van der Waals surface area contributed by atoms with Crippen LogP contribution in [0.15, 0.2) is 18.2 Å². The van der Waals surface area contributed by atoms with Gasteiger partial charge in [0.1, 0.15) is 5.75 Å². The zero-order valence-corrected chi connectivity index (χ0v) is 12.8. The number of amides is 1. The summed E-state index contributed by atoms with van der Waals surface area (Å²) in [5.41, 5.74) is 6.94. The van der Waals surface area contributed by atoms with Gasteiger partial charge >= 0.3 is 0 Å². The Hall–Kier alpha value is -1.75. The molecule has 0 saturated carbocycles. The highest BCUT2D eigenvalue weighted by molar-refractivity contribution is 5.92. The Labute approximate surface area is 121 Å². The number of benzene rings is 1. The van der Waals surface area contributed by atoms with Crippen molar-refractivity contribution in [2.45, 2.75) is 32.7 Å². The van der Waals surface area contributed by atoms with Gasteiger partial charge in [-0.05, 0) is 46.0 Å². The molecule has 0 aliphatic heterocycles. The van der Waals surface area contributed by atoms with Gasteiger partial charge in [-0.2, -0.15) is 0 Å². The molecule has 5 heteroatoms. The molecule has 20 heavy (non-hydrogen) atoms. The number of hydrogen-bond donors (Lipinski definition) is 2. The fourth-order valence-corrected chi connectivity index (χ4v) is 1.77. The molecule has 0 fully saturated rings. The maximum Gasteiger partial charge on any atom is 0.224 e. The Balaban J connectivity index is 2.46. The lowest BCUT2D eigenvalue weighted by Gasteiger charge is -2.20. The van der Waals surface area contributed by atoms with Crippen molar-refractivity contribution < 1.29 is 9.53 Å². The molecule has 3 N–H and O–H groups in total. The molecule has 0 spiro atoms. The van der Waals surface area contributed by atoms with Crippen LogP contribution in [0.4, 0.5) is 11.4 Å². The molecule has 0 radical (unpaired) electrons. The first-order valence-electron chi connectivity index (χ1n) is 6.87. The summed E-state index contributed by atoms with van der Waals surface area (Å²) in [6.45, 7) is 5.18. The van der Waals surface area contributed by atoms with Crippen LogP contribution in [0, 0.1) is 0 Å². The Bertz CT molecular complexity index is 447. The lowest BCUT2D eigenvalue weighted by Crippen LogP contribution is -2.28. The van der Waals surface area contributed by atoms with Gasteiger partial charge in [-0.3, -0.25) is 4.79 Å². The number of nitrogens with two attached hydrogens (primary N) is 1. The quantitative estimate of drug-likeness (QED) is 0.752. The number of methoxy groups -OCH3 is 1. The number of carbonyl (C=O) groups is 1. The average Bonchev–Trinajstić information content (AvgIpc) is 2.40. The average molecular weight is 279 g/mol. The first-order chi connectivity index (χ1) is 9.43. The summed E-state index contributed by atoms with van der Waals surface area (Å²) in [5.74, 6) is 0.572. The predicted octanol–water partition coefficient (Wildman–Crippen LogP) is 2.34. The third kappa shape index (κ3) is 5.09. The van der Waals surface area contributed by atoms with Crippen LogP contribution < -0.4 is 15.8 Å². The maximum atomic E-state index is 11.9. The number of hydrogen-bond acceptors (Lipinski definition) is 4. The van der Waals surface area contributed by atoms with E-state index in [0.29, 0.717) is 29.6 Å².